The Morgan fingerprint density at radius 1 is 0.586 bits per heavy atom. The molecule has 5 heteroatoms. The molecule has 0 aliphatic rings. The first-order valence-corrected chi connectivity index (χ1v) is 14.0. The van der Waals surface area contributed by atoms with Crippen molar-refractivity contribution in [2.75, 3.05) is 0 Å². The number of aliphatic hydroxyl groups is 1. The van der Waals surface area contributed by atoms with Gasteiger partial charge >= 0.3 is 0 Å². The number of rotatable bonds is 22. The molecule has 0 aliphatic heterocycles. The van der Waals surface area contributed by atoms with E-state index in [1.54, 1.807) is 6.92 Å². The van der Waals surface area contributed by atoms with E-state index < -0.39 is 15.4 Å². The monoisotopic (exact) mass is 434 g/mol. The fraction of sp³-hybridized carbons (Fsp3) is 1.00. The first kappa shape index (κ1) is 28.9. The fourth-order valence-electron chi connectivity index (χ4n) is 3.86. The molecule has 0 rings (SSSR count). The van der Waals surface area contributed by atoms with Crippen LogP contribution >= 0.6 is 0 Å². The largest absolute Gasteiger partial charge is 0.393 e. The molecule has 0 aromatic carbocycles. The average molecular weight is 435 g/mol. The van der Waals surface area contributed by atoms with Gasteiger partial charge in [-0.15, -0.1) is 0 Å². The number of hydrogen-bond donors (Lipinski definition) is 2. The van der Waals surface area contributed by atoms with Gasteiger partial charge in [-0.2, -0.15) is 8.42 Å². The Balaban J connectivity index is 3.27. The van der Waals surface area contributed by atoms with Crippen molar-refractivity contribution in [3.05, 3.63) is 0 Å². The van der Waals surface area contributed by atoms with Crippen LogP contribution < -0.4 is 0 Å². The van der Waals surface area contributed by atoms with E-state index in [4.69, 9.17) is 4.55 Å². The maximum absolute atomic E-state index is 10.9. The third-order valence-electron chi connectivity index (χ3n) is 6.05. The molecule has 0 saturated carbocycles. The molecule has 0 saturated heterocycles. The molecule has 2 atom stereocenters. The van der Waals surface area contributed by atoms with Crippen LogP contribution in [0.15, 0.2) is 0 Å². The molecule has 0 aromatic rings. The summed E-state index contributed by atoms with van der Waals surface area (Å²) in [4.78, 5) is 0. The molecule has 0 bridgehead atoms. The number of aliphatic hydroxyl groups excluding tert-OH is 1. The second kappa shape index (κ2) is 19.8. The van der Waals surface area contributed by atoms with E-state index in [0.717, 1.165) is 38.5 Å². The van der Waals surface area contributed by atoms with Gasteiger partial charge in [-0.3, -0.25) is 4.55 Å². The maximum Gasteiger partial charge on any atom is 0.267 e. The first-order valence-electron chi connectivity index (χ1n) is 12.5. The Labute approximate surface area is 182 Å². The summed E-state index contributed by atoms with van der Waals surface area (Å²) in [5.74, 6) is 0. The summed E-state index contributed by atoms with van der Waals surface area (Å²) in [6.45, 7) is 3.81. The maximum atomic E-state index is 10.9. The second-order valence-electron chi connectivity index (χ2n) is 9.00. The van der Waals surface area contributed by atoms with Crippen LogP contribution in [0, 0.1) is 0 Å². The van der Waals surface area contributed by atoms with E-state index in [9.17, 15) is 13.5 Å². The van der Waals surface area contributed by atoms with Gasteiger partial charge in [0, 0.05) is 0 Å². The van der Waals surface area contributed by atoms with Crippen molar-refractivity contribution in [2.24, 2.45) is 0 Å². The average Bonchev–Trinajstić information content (AvgIpc) is 2.67. The molecule has 0 spiro atoms. The molecule has 2 unspecified atom stereocenters. The van der Waals surface area contributed by atoms with Crippen LogP contribution in [0.2, 0.25) is 0 Å². The van der Waals surface area contributed by atoms with E-state index in [0.29, 0.717) is 6.42 Å². The van der Waals surface area contributed by atoms with Crippen LogP contribution in [0.3, 0.4) is 0 Å². The van der Waals surface area contributed by atoms with Crippen molar-refractivity contribution in [1.29, 1.82) is 0 Å². The zero-order chi connectivity index (χ0) is 21.8. The summed E-state index contributed by atoms with van der Waals surface area (Å²) in [7, 11) is -3.89. The molecule has 0 aliphatic carbocycles. The highest BCUT2D eigenvalue weighted by Crippen LogP contribution is 2.16. The standard InChI is InChI=1S/C24H50O4S/c1-3-4-5-6-7-8-9-10-11-12-13-14-15-18-21-24(25)22-19-16-17-20-23(2)29(26,27)28/h23-25H,3-22H2,1-2H3,(H,26,27,28). The fourth-order valence-corrected chi connectivity index (χ4v) is 4.32. The molecular formula is C24H50O4S. The Morgan fingerprint density at radius 2 is 0.897 bits per heavy atom. The molecule has 2 N–H and O–H groups in total. The summed E-state index contributed by atoms with van der Waals surface area (Å²) in [6, 6.07) is 0. The van der Waals surface area contributed by atoms with E-state index in [-0.39, 0.29) is 6.10 Å². The minimum absolute atomic E-state index is 0.216. The van der Waals surface area contributed by atoms with E-state index in [2.05, 4.69) is 6.92 Å². The highest BCUT2D eigenvalue weighted by atomic mass is 32.2. The van der Waals surface area contributed by atoms with E-state index in [1.165, 1.54) is 83.5 Å². The van der Waals surface area contributed by atoms with Crippen molar-refractivity contribution < 1.29 is 18.1 Å². The summed E-state index contributed by atoms with van der Waals surface area (Å²) in [5, 5.41) is 9.36. The quantitative estimate of drug-likeness (QED) is 0.137. The molecular weight excluding hydrogens is 384 g/mol. The zero-order valence-electron chi connectivity index (χ0n) is 19.4. The second-order valence-corrected chi connectivity index (χ2v) is 10.8. The van der Waals surface area contributed by atoms with Crippen LogP contribution in [-0.4, -0.2) is 29.4 Å². The highest BCUT2D eigenvalue weighted by Gasteiger charge is 2.16. The van der Waals surface area contributed by atoms with Crippen LogP contribution in [0.5, 0.6) is 0 Å². The van der Waals surface area contributed by atoms with Gasteiger partial charge in [-0.05, 0) is 26.2 Å². The minimum atomic E-state index is -3.89. The molecule has 4 nitrogen and oxygen atoms in total. The predicted molar refractivity (Wildman–Crippen MR) is 125 cm³/mol. The lowest BCUT2D eigenvalue weighted by atomic mass is 10.0. The lowest BCUT2D eigenvalue weighted by molar-refractivity contribution is 0.147. The first-order chi connectivity index (χ1) is 13.9. The molecule has 0 heterocycles. The Bertz CT molecular complexity index is 436. The van der Waals surface area contributed by atoms with Gasteiger partial charge in [0.15, 0.2) is 0 Å². The third-order valence-corrected chi connectivity index (χ3v) is 7.30. The van der Waals surface area contributed by atoms with Gasteiger partial charge in [0.05, 0.1) is 11.4 Å². The van der Waals surface area contributed by atoms with Gasteiger partial charge in [-0.1, -0.05) is 116 Å². The number of hydrogen-bond acceptors (Lipinski definition) is 3. The highest BCUT2D eigenvalue weighted by molar-refractivity contribution is 7.86. The summed E-state index contributed by atoms with van der Waals surface area (Å²) in [5.41, 5.74) is 0. The molecule has 0 aromatic heterocycles. The van der Waals surface area contributed by atoms with Crippen LogP contribution in [0.4, 0.5) is 0 Å². The summed E-state index contributed by atoms with van der Waals surface area (Å²) >= 11 is 0. The lowest BCUT2D eigenvalue weighted by Gasteiger charge is -2.11. The van der Waals surface area contributed by atoms with Crippen molar-refractivity contribution in [1.82, 2.24) is 0 Å². The minimum Gasteiger partial charge on any atom is -0.393 e. The SMILES string of the molecule is CCCCCCCCCCCCCCCCC(O)CCCCCC(C)S(=O)(=O)O. The lowest BCUT2D eigenvalue weighted by Crippen LogP contribution is -2.16. The van der Waals surface area contributed by atoms with Gasteiger partial charge in [0.25, 0.3) is 10.1 Å². The van der Waals surface area contributed by atoms with Gasteiger partial charge in [0.1, 0.15) is 0 Å². The zero-order valence-corrected chi connectivity index (χ0v) is 20.2. The normalized spacial score (nSPS) is 14.2. The third kappa shape index (κ3) is 20.9. The van der Waals surface area contributed by atoms with Crippen molar-refractivity contribution in [2.45, 2.75) is 154 Å². The summed E-state index contributed by atoms with van der Waals surface area (Å²) in [6.07, 6.45) is 23.5. The van der Waals surface area contributed by atoms with Crippen LogP contribution in [0.1, 0.15) is 142 Å². The predicted octanol–water partition coefficient (Wildman–Crippen LogP) is 7.45. The Hall–Kier alpha value is -0.130. The van der Waals surface area contributed by atoms with E-state index in [1.807, 2.05) is 0 Å². The van der Waals surface area contributed by atoms with Crippen molar-refractivity contribution >= 4 is 10.1 Å². The summed E-state index contributed by atoms with van der Waals surface area (Å²) < 4.78 is 30.8. The number of unbranched alkanes of at least 4 members (excludes halogenated alkanes) is 15. The van der Waals surface area contributed by atoms with Crippen molar-refractivity contribution in [3.63, 3.8) is 0 Å². The molecule has 0 radical (unpaired) electrons. The molecule has 176 valence electrons. The molecule has 0 fully saturated rings. The Kier molecular flexibility index (Phi) is 19.7. The van der Waals surface area contributed by atoms with Crippen molar-refractivity contribution in [3.8, 4) is 0 Å². The van der Waals surface area contributed by atoms with Crippen LogP contribution in [-0.2, 0) is 10.1 Å². The molecule has 29 heavy (non-hydrogen) atoms. The van der Waals surface area contributed by atoms with Crippen LogP contribution in [0.25, 0.3) is 0 Å². The topological polar surface area (TPSA) is 74.6 Å². The van der Waals surface area contributed by atoms with Gasteiger partial charge < -0.3 is 5.11 Å². The molecule has 0 amide bonds. The smallest absolute Gasteiger partial charge is 0.267 e. The Morgan fingerprint density at radius 3 is 1.28 bits per heavy atom. The van der Waals surface area contributed by atoms with Gasteiger partial charge in [-0.25, -0.2) is 0 Å². The van der Waals surface area contributed by atoms with Gasteiger partial charge in [0.2, 0.25) is 0 Å². The van der Waals surface area contributed by atoms with E-state index >= 15 is 0 Å².